The van der Waals surface area contributed by atoms with Gasteiger partial charge in [0.05, 0.1) is 6.61 Å². The van der Waals surface area contributed by atoms with E-state index in [0.717, 1.165) is 19.3 Å². The van der Waals surface area contributed by atoms with Crippen LogP contribution < -0.4 is 0 Å². The summed E-state index contributed by atoms with van der Waals surface area (Å²) in [5.41, 5.74) is 0. The summed E-state index contributed by atoms with van der Waals surface area (Å²) in [6.45, 7) is 4.29. The summed E-state index contributed by atoms with van der Waals surface area (Å²) < 4.78 is 4.82. The maximum Gasteiger partial charge on any atom is 0.325 e. The smallest absolute Gasteiger partial charge is 0.325 e. The Labute approximate surface area is 96.9 Å². The predicted molar refractivity (Wildman–Crippen MR) is 60.8 cm³/mol. The summed E-state index contributed by atoms with van der Waals surface area (Å²) in [5.74, 6) is 0.290. The maximum atomic E-state index is 12.0. The van der Waals surface area contributed by atoms with Gasteiger partial charge in [0.25, 0.3) is 0 Å². The molecule has 2 unspecified atom stereocenters. The van der Waals surface area contributed by atoms with Crippen molar-refractivity contribution < 1.29 is 14.3 Å². The standard InChI is InChI=1S/C12H21NO3/c1-4-16-11(14)8-13(3)12(15)10-7-5-6-9(10)2/h9-10H,4-8H2,1-3H3. The first-order chi connectivity index (χ1) is 7.56. The zero-order chi connectivity index (χ0) is 12.1. The van der Waals surface area contributed by atoms with Crippen molar-refractivity contribution in [3.63, 3.8) is 0 Å². The van der Waals surface area contributed by atoms with Crippen LogP contribution in [0.15, 0.2) is 0 Å². The molecule has 1 amide bonds. The van der Waals surface area contributed by atoms with E-state index in [4.69, 9.17) is 4.74 Å². The van der Waals surface area contributed by atoms with Crippen LogP contribution in [-0.2, 0) is 14.3 Å². The third-order valence-corrected chi connectivity index (χ3v) is 3.23. The minimum atomic E-state index is -0.330. The van der Waals surface area contributed by atoms with Crippen molar-refractivity contribution in [2.75, 3.05) is 20.2 Å². The highest BCUT2D eigenvalue weighted by Gasteiger charge is 2.32. The van der Waals surface area contributed by atoms with Crippen LogP contribution in [0.5, 0.6) is 0 Å². The maximum absolute atomic E-state index is 12.0. The second-order valence-corrected chi connectivity index (χ2v) is 4.51. The van der Waals surface area contributed by atoms with Crippen molar-refractivity contribution in [3.8, 4) is 0 Å². The fourth-order valence-corrected chi connectivity index (χ4v) is 2.27. The van der Waals surface area contributed by atoms with Gasteiger partial charge in [-0.15, -0.1) is 0 Å². The lowest BCUT2D eigenvalue weighted by atomic mass is 9.97. The molecule has 2 atom stereocenters. The molecule has 0 spiro atoms. The number of ether oxygens (including phenoxy) is 1. The molecule has 4 heteroatoms. The number of nitrogens with zero attached hydrogens (tertiary/aromatic N) is 1. The van der Waals surface area contributed by atoms with Gasteiger partial charge in [-0.25, -0.2) is 0 Å². The fraction of sp³-hybridized carbons (Fsp3) is 0.833. The van der Waals surface area contributed by atoms with Gasteiger partial charge >= 0.3 is 5.97 Å². The minimum absolute atomic E-state index is 0.0654. The lowest BCUT2D eigenvalue weighted by Gasteiger charge is -2.22. The molecule has 1 rings (SSSR count). The summed E-state index contributed by atoms with van der Waals surface area (Å²) >= 11 is 0. The third kappa shape index (κ3) is 3.22. The first-order valence-corrected chi connectivity index (χ1v) is 5.96. The van der Waals surface area contributed by atoms with E-state index in [-0.39, 0.29) is 24.3 Å². The largest absolute Gasteiger partial charge is 0.465 e. The fourth-order valence-electron chi connectivity index (χ4n) is 2.27. The number of likely N-dealkylation sites (N-methyl/N-ethyl adjacent to an activating group) is 1. The first-order valence-electron chi connectivity index (χ1n) is 5.96. The molecule has 0 aromatic rings. The minimum Gasteiger partial charge on any atom is -0.465 e. The Hall–Kier alpha value is -1.06. The van der Waals surface area contributed by atoms with Gasteiger partial charge < -0.3 is 9.64 Å². The summed E-state index contributed by atoms with van der Waals surface area (Å²) in [5, 5.41) is 0. The second-order valence-electron chi connectivity index (χ2n) is 4.51. The van der Waals surface area contributed by atoms with Gasteiger partial charge in [-0.05, 0) is 25.7 Å². The topological polar surface area (TPSA) is 46.6 Å². The zero-order valence-corrected chi connectivity index (χ0v) is 10.4. The Bertz CT molecular complexity index is 265. The highest BCUT2D eigenvalue weighted by Crippen LogP contribution is 2.32. The molecule has 0 saturated heterocycles. The Morgan fingerprint density at radius 2 is 2.06 bits per heavy atom. The molecule has 1 aliphatic carbocycles. The Balaban J connectivity index is 2.44. The molecule has 0 aromatic heterocycles. The molecule has 4 nitrogen and oxygen atoms in total. The first kappa shape index (κ1) is 13.0. The third-order valence-electron chi connectivity index (χ3n) is 3.23. The molecule has 0 aromatic carbocycles. The van der Waals surface area contributed by atoms with Crippen molar-refractivity contribution >= 4 is 11.9 Å². The predicted octanol–water partition coefficient (Wildman–Crippen LogP) is 1.44. The summed E-state index contributed by atoms with van der Waals surface area (Å²) in [6, 6.07) is 0. The van der Waals surface area contributed by atoms with Crippen LogP contribution in [0.1, 0.15) is 33.1 Å². The summed E-state index contributed by atoms with van der Waals surface area (Å²) in [6.07, 6.45) is 3.18. The van der Waals surface area contributed by atoms with E-state index in [2.05, 4.69) is 6.92 Å². The normalized spacial score (nSPS) is 24.2. The quantitative estimate of drug-likeness (QED) is 0.683. The molecule has 16 heavy (non-hydrogen) atoms. The van der Waals surface area contributed by atoms with Crippen molar-refractivity contribution in [2.24, 2.45) is 11.8 Å². The van der Waals surface area contributed by atoms with Crippen LogP contribution >= 0.6 is 0 Å². The Kier molecular flexibility index (Phi) is 4.77. The van der Waals surface area contributed by atoms with Crippen LogP contribution in [0, 0.1) is 11.8 Å². The van der Waals surface area contributed by atoms with Crippen molar-refractivity contribution in [1.29, 1.82) is 0 Å². The highest BCUT2D eigenvalue weighted by atomic mass is 16.5. The van der Waals surface area contributed by atoms with Gasteiger partial charge in [-0.2, -0.15) is 0 Å². The number of rotatable bonds is 4. The van der Waals surface area contributed by atoms with Crippen molar-refractivity contribution in [2.45, 2.75) is 33.1 Å². The van der Waals surface area contributed by atoms with Gasteiger partial charge in [0.1, 0.15) is 6.54 Å². The number of esters is 1. The molecule has 0 aliphatic heterocycles. The van der Waals surface area contributed by atoms with E-state index in [1.807, 2.05) is 0 Å². The van der Waals surface area contributed by atoms with E-state index in [1.54, 1.807) is 14.0 Å². The molecule has 0 heterocycles. The average molecular weight is 227 g/mol. The number of hydrogen-bond acceptors (Lipinski definition) is 3. The monoisotopic (exact) mass is 227 g/mol. The van der Waals surface area contributed by atoms with Crippen LogP contribution in [0.4, 0.5) is 0 Å². The number of hydrogen-bond donors (Lipinski definition) is 0. The number of carbonyl (C=O) groups is 2. The second kappa shape index (κ2) is 5.87. The summed E-state index contributed by atoms with van der Waals surface area (Å²) in [7, 11) is 1.67. The van der Waals surface area contributed by atoms with E-state index in [9.17, 15) is 9.59 Å². The van der Waals surface area contributed by atoms with Gasteiger partial charge in [-0.3, -0.25) is 9.59 Å². The Morgan fingerprint density at radius 3 is 2.56 bits per heavy atom. The van der Waals surface area contributed by atoms with Gasteiger partial charge in [0.15, 0.2) is 0 Å². The van der Waals surface area contributed by atoms with Crippen molar-refractivity contribution in [3.05, 3.63) is 0 Å². The average Bonchev–Trinajstić information content (AvgIpc) is 2.63. The van der Waals surface area contributed by atoms with Gasteiger partial charge in [0.2, 0.25) is 5.91 Å². The van der Waals surface area contributed by atoms with Crippen LogP contribution in [0.2, 0.25) is 0 Å². The molecule has 1 saturated carbocycles. The molecule has 1 aliphatic rings. The molecular formula is C12H21NO3. The molecule has 92 valence electrons. The van der Waals surface area contributed by atoms with Crippen LogP contribution in [-0.4, -0.2) is 37.0 Å². The SMILES string of the molecule is CCOC(=O)CN(C)C(=O)C1CCCC1C. The molecule has 1 fully saturated rings. The summed E-state index contributed by atoms with van der Waals surface area (Å²) in [4.78, 5) is 24.7. The molecular weight excluding hydrogens is 206 g/mol. The van der Waals surface area contributed by atoms with Crippen molar-refractivity contribution in [1.82, 2.24) is 4.90 Å². The van der Waals surface area contributed by atoms with E-state index in [1.165, 1.54) is 4.90 Å². The Morgan fingerprint density at radius 1 is 1.38 bits per heavy atom. The van der Waals surface area contributed by atoms with Crippen LogP contribution in [0.25, 0.3) is 0 Å². The molecule has 0 N–H and O–H groups in total. The number of carbonyl (C=O) groups excluding carboxylic acids is 2. The lowest BCUT2D eigenvalue weighted by Crippen LogP contribution is -2.38. The lowest BCUT2D eigenvalue weighted by molar-refractivity contribution is -0.149. The molecule has 0 radical (unpaired) electrons. The number of amides is 1. The highest BCUT2D eigenvalue weighted by molar-refractivity contribution is 5.83. The van der Waals surface area contributed by atoms with Gasteiger partial charge in [-0.1, -0.05) is 13.3 Å². The molecule has 0 bridgehead atoms. The van der Waals surface area contributed by atoms with E-state index < -0.39 is 0 Å². The van der Waals surface area contributed by atoms with Crippen LogP contribution in [0.3, 0.4) is 0 Å². The van der Waals surface area contributed by atoms with E-state index >= 15 is 0 Å². The van der Waals surface area contributed by atoms with E-state index in [0.29, 0.717) is 12.5 Å². The zero-order valence-electron chi connectivity index (χ0n) is 10.4. The van der Waals surface area contributed by atoms with Gasteiger partial charge in [0, 0.05) is 13.0 Å².